The molecule has 0 aromatic carbocycles. The summed E-state index contributed by atoms with van der Waals surface area (Å²) in [5.74, 6) is 1.35. The molecule has 2 atom stereocenters. The second kappa shape index (κ2) is 5.52. The minimum atomic E-state index is -0.815. The third-order valence-corrected chi connectivity index (χ3v) is 3.01. The van der Waals surface area contributed by atoms with Gasteiger partial charge < -0.3 is 10.4 Å². The molecule has 1 aromatic heterocycles. The van der Waals surface area contributed by atoms with Gasteiger partial charge in [0.15, 0.2) is 5.82 Å². The molecule has 0 bridgehead atoms. The van der Waals surface area contributed by atoms with Crippen LogP contribution in [0.2, 0.25) is 0 Å². The highest BCUT2D eigenvalue weighted by Gasteiger charge is 2.28. The molecule has 19 heavy (non-hydrogen) atoms. The molecule has 0 saturated carbocycles. The van der Waals surface area contributed by atoms with Crippen LogP contribution < -0.4 is 5.32 Å². The molecule has 1 aliphatic heterocycles. The predicted octanol–water partition coefficient (Wildman–Crippen LogP) is 0.380. The second-order valence-electron chi connectivity index (χ2n) is 5.92. The van der Waals surface area contributed by atoms with Crippen molar-refractivity contribution in [1.29, 1.82) is 0 Å². The van der Waals surface area contributed by atoms with Gasteiger partial charge in [-0.1, -0.05) is 0 Å². The fraction of sp³-hybridized carbons (Fsp3) is 0.833. The van der Waals surface area contributed by atoms with Crippen LogP contribution in [0.4, 0.5) is 4.39 Å². The van der Waals surface area contributed by atoms with Crippen LogP contribution in [0.5, 0.6) is 0 Å². The van der Waals surface area contributed by atoms with Crippen LogP contribution >= 0.6 is 0 Å². The van der Waals surface area contributed by atoms with Gasteiger partial charge in [0.2, 0.25) is 0 Å². The Balaban J connectivity index is 1.90. The molecule has 0 spiro atoms. The highest BCUT2D eigenvalue weighted by molar-refractivity contribution is 5.00. The zero-order valence-corrected chi connectivity index (χ0v) is 11.6. The minimum absolute atomic E-state index is 0.0976. The Morgan fingerprint density at radius 2 is 2.26 bits per heavy atom. The summed E-state index contributed by atoms with van der Waals surface area (Å²) in [5.41, 5.74) is -0.744. The number of alkyl halides is 1. The van der Waals surface area contributed by atoms with Crippen LogP contribution in [-0.2, 0) is 6.54 Å². The molecule has 1 fully saturated rings. The summed E-state index contributed by atoms with van der Waals surface area (Å²) in [4.78, 5) is 6.34. The van der Waals surface area contributed by atoms with Crippen molar-refractivity contribution in [2.75, 3.05) is 20.1 Å². The van der Waals surface area contributed by atoms with Crippen molar-refractivity contribution in [2.24, 2.45) is 0 Å². The molecule has 1 aromatic rings. The van der Waals surface area contributed by atoms with E-state index in [-0.39, 0.29) is 6.04 Å². The van der Waals surface area contributed by atoms with Gasteiger partial charge >= 0.3 is 0 Å². The highest BCUT2D eigenvalue weighted by Crippen LogP contribution is 2.22. The molecule has 0 aliphatic carbocycles. The van der Waals surface area contributed by atoms with Crippen molar-refractivity contribution in [3.8, 4) is 0 Å². The Morgan fingerprint density at radius 1 is 1.53 bits per heavy atom. The third kappa shape index (κ3) is 4.22. The number of aromatic amines is 1. The first-order chi connectivity index (χ1) is 8.83. The molecule has 0 amide bonds. The zero-order chi connectivity index (χ0) is 14.0. The SMILES string of the molecule is CN(Cc1nc([C@H]2C[C@H](F)CN2)n[nH]1)CC(C)(C)O. The summed E-state index contributed by atoms with van der Waals surface area (Å²) >= 11 is 0. The molecule has 0 radical (unpaired) electrons. The van der Waals surface area contributed by atoms with Crippen LogP contribution in [0.1, 0.15) is 38.0 Å². The number of aromatic nitrogens is 3. The van der Waals surface area contributed by atoms with Gasteiger partial charge in [-0.25, -0.2) is 9.37 Å². The number of aliphatic hydroxyl groups is 1. The Bertz CT molecular complexity index is 416. The van der Waals surface area contributed by atoms with E-state index in [1.54, 1.807) is 13.8 Å². The van der Waals surface area contributed by atoms with Crippen molar-refractivity contribution in [3.05, 3.63) is 11.6 Å². The Morgan fingerprint density at radius 3 is 2.84 bits per heavy atom. The largest absolute Gasteiger partial charge is 0.389 e. The van der Waals surface area contributed by atoms with Gasteiger partial charge in [-0.05, 0) is 20.9 Å². The number of likely N-dealkylation sites (N-methyl/N-ethyl adjacent to an activating group) is 1. The Kier molecular flexibility index (Phi) is 4.17. The molecular formula is C12H22FN5O. The average molecular weight is 271 g/mol. The predicted molar refractivity (Wildman–Crippen MR) is 69.3 cm³/mol. The maximum atomic E-state index is 13.1. The first-order valence-corrected chi connectivity index (χ1v) is 6.53. The Hall–Kier alpha value is -1.05. The lowest BCUT2D eigenvalue weighted by Crippen LogP contribution is -2.36. The summed E-state index contributed by atoms with van der Waals surface area (Å²) in [7, 11) is 1.91. The van der Waals surface area contributed by atoms with E-state index in [9.17, 15) is 9.50 Å². The van der Waals surface area contributed by atoms with Crippen LogP contribution in [0.15, 0.2) is 0 Å². The summed E-state index contributed by atoms with van der Waals surface area (Å²) < 4.78 is 13.1. The number of halogens is 1. The number of hydrogen-bond acceptors (Lipinski definition) is 5. The minimum Gasteiger partial charge on any atom is -0.389 e. The van der Waals surface area contributed by atoms with E-state index >= 15 is 0 Å². The van der Waals surface area contributed by atoms with Gasteiger partial charge in [0.1, 0.15) is 12.0 Å². The first kappa shape index (κ1) is 14.4. The average Bonchev–Trinajstić information content (AvgIpc) is 2.83. The van der Waals surface area contributed by atoms with Crippen molar-refractivity contribution in [1.82, 2.24) is 25.4 Å². The monoisotopic (exact) mass is 271 g/mol. The molecule has 6 nitrogen and oxygen atoms in total. The number of H-pyrrole nitrogens is 1. The van der Waals surface area contributed by atoms with Crippen molar-refractivity contribution >= 4 is 0 Å². The fourth-order valence-electron chi connectivity index (χ4n) is 2.40. The fourth-order valence-corrected chi connectivity index (χ4v) is 2.40. The maximum absolute atomic E-state index is 13.1. The lowest BCUT2D eigenvalue weighted by molar-refractivity contribution is 0.0418. The van der Waals surface area contributed by atoms with E-state index in [0.717, 1.165) is 5.82 Å². The van der Waals surface area contributed by atoms with Crippen LogP contribution in [0.25, 0.3) is 0 Å². The molecule has 1 aliphatic rings. The van der Waals surface area contributed by atoms with Crippen LogP contribution in [0, 0.1) is 0 Å². The molecule has 0 unspecified atom stereocenters. The van der Waals surface area contributed by atoms with Crippen LogP contribution in [-0.4, -0.2) is 57.1 Å². The van der Waals surface area contributed by atoms with Gasteiger partial charge in [-0.2, -0.15) is 5.10 Å². The van der Waals surface area contributed by atoms with E-state index in [0.29, 0.717) is 31.9 Å². The van der Waals surface area contributed by atoms with Crippen molar-refractivity contribution in [2.45, 2.75) is 44.6 Å². The topological polar surface area (TPSA) is 77.1 Å². The van der Waals surface area contributed by atoms with Crippen molar-refractivity contribution in [3.63, 3.8) is 0 Å². The second-order valence-corrected chi connectivity index (χ2v) is 5.92. The number of nitrogens with zero attached hydrogens (tertiary/aromatic N) is 3. The summed E-state index contributed by atoms with van der Waals surface area (Å²) in [6.45, 7) is 5.01. The first-order valence-electron chi connectivity index (χ1n) is 6.53. The van der Waals surface area contributed by atoms with Gasteiger partial charge in [-0.3, -0.25) is 10.00 Å². The standard InChI is InChI=1S/C12H22FN5O/c1-12(2,19)7-18(3)6-10-15-11(17-16-10)9-4-8(13)5-14-9/h8-9,14,19H,4-7H2,1-3H3,(H,15,16,17)/t8-,9+/m0/s1. The van der Waals surface area contributed by atoms with E-state index in [2.05, 4.69) is 20.5 Å². The molecule has 1 saturated heterocycles. The van der Waals surface area contributed by atoms with Gasteiger partial charge in [0.25, 0.3) is 0 Å². The molecule has 2 heterocycles. The zero-order valence-electron chi connectivity index (χ0n) is 11.6. The summed E-state index contributed by atoms with van der Waals surface area (Å²) in [6, 6.07) is -0.0976. The molecule has 3 N–H and O–H groups in total. The van der Waals surface area contributed by atoms with Crippen molar-refractivity contribution < 1.29 is 9.50 Å². The molecule has 108 valence electrons. The summed E-state index contributed by atoms with van der Waals surface area (Å²) in [6.07, 6.45) is -0.388. The maximum Gasteiger partial charge on any atom is 0.167 e. The quantitative estimate of drug-likeness (QED) is 0.722. The van der Waals surface area contributed by atoms with Gasteiger partial charge in [0.05, 0.1) is 18.2 Å². The molecule has 2 rings (SSSR count). The van der Waals surface area contributed by atoms with Gasteiger partial charge in [0, 0.05) is 19.5 Å². The smallest absolute Gasteiger partial charge is 0.167 e. The Labute approximate surface area is 112 Å². The number of nitrogens with one attached hydrogen (secondary N) is 2. The number of hydrogen-bond donors (Lipinski definition) is 3. The summed E-state index contributed by atoms with van der Waals surface area (Å²) in [5, 5.41) is 19.8. The molecule has 7 heteroatoms. The van der Waals surface area contributed by atoms with E-state index in [1.807, 2.05) is 11.9 Å². The lowest BCUT2D eigenvalue weighted by atomic mass is 10.1. The normalized spacial score (nSPS) is 24.3. The van der Waals surface area contributed by atoms with E-state index in [1.165, 1.54) is 0 Å². The lowest BCUT2D eigenvalue weighted by Gasteiger charge is -2.24. The number of rotatable bonds is 5. The van der Waals surface area contributed by atoms with Crippen LogP contribution in [0.3, 0.4) is 0 Å². The van der Waals surface area contributed by atoms with E-state index < -0.39 is 11.8 Å². The highest BCUT2D eigenvalue weighted by atomic mass is 19.1. The van der Waals surface area contributed by atoms with E-state index in [4.69, 9.17) is 0 Å². The van der Waals surface area contributed by atoms with Gasteiger partial charge in [-0.15, -0.1) is 0 Å². The molecular weight excluding hydrogens is 249 g/mol. The third-order valence-electron chi connectivity index (χ3n) is 3.01.